The van der Waals surface area contributed by atoms with Gasteiger partial charge in [0.25, 0.3) is 0 Å². The van der Waals surface area contributed by atoms with Crippen molar-refractivity contribution in [2.45, 2.75) is 26.8 Å². The maximum atomic E-state index is 12.5. The minimum atomic E-state index is 0.0337. The summed E-state index contributed by atoms with van der Waals surface area (Å²) in [5.41, 5.74) is 3.39. The summed E-state index contributed by atoms with van der Waals surface area (Å²) < 4.78 is 11.4. The average Bonchev–Trinajstić information content (AvgIpc) is 2.67. The summed E-state index contributed by atoms with van der Waals surface area (Å²) in [6, 6.07) is 13.9. The van der Waals surface area contributed by atoms with Gasteiger partial charge in [-0.1, -0.05) is 30.3 Å². The minimum Gasteiger partial charge on any atom is -0.490 e. The maximum absolute atomic E-state index is 12.5. The molecule has 26 heavy (non-hydrogen) atoms. The van der Waals surface area contributed by atoms with Crippen LogP contribution in [0, 0.1) is 0 Å². The second kappa shape index (κ2) is 8.56. The molecule has 1 aliphatic heterocycles. The van der Waals surface area contributed by atoms with Crippen molar-refractivity contribution in [2.24, 2.45) is 0 Å². The fraction of sp³-hybridized carbons (Fsp3) is 0.318. The van der Waals surface area contributed by atoms with E-state index < -0.39 is 0 Å². The number of benzene rings is 2. The second-order valence-electron chi connectivity index (χ2n) is 6.19. The van der Waals surface area contributed by atoms with E-state index in [4.69, 9.17) is 9.47 Å². The number of ether oxygens (including phenoxy) is 2. The van der Waals surface area contributed by atoms with Crippen LogP contribution in [0.3, 0.4) is 0 Å². The Hall–Kier alpha value is -2.75. The third-order valence-corrected chi connectivity index (χ3v) is 4.41. The summed E-state index contributed by atoms with van der Waals surface area (Å²) in [6.45, 7) is 6.42. The second-order valence-corrected chi connectivity index (χ2v) is 6.19. The van der Waals surface area contributed by atoms with Crippen LogP contribution in [0.2, 0.25) is 0 Å². The predicted octanol–water partition coefficient (Wildman–Crippen LogP) is 4.08. The summed E-state index contributed by atoms with van der Waals surface area (Å²) in [4.78, 5) is 14.4. The van der Waals surface area contributed by atoms with E-state index in [1.54, 1.807) is 6.08 Å². The van der Waals surface area contributed by atoms with Gasteiger partial charge < -0.3 is 14.4 Å². The molecule has 0 saturated heterocycles. The fourth-order valence-corrected chi connectivity index (χ4v) is 3.13. The van der Waals surface area contributed by atoms with Crippen molar-refractivity contribution in [3.8, 4) is 11.5 Å². The Morgan fingerprint density at radius 3 is 2.35 bits per heavy atom. The van der Waals surface area contributed by atoms with E-state index in [1.807, 2.05) is 61.2 Å². The molecule has 0 unspecified atom stereocenters. The quantitative estimate of drug-likeness (QED) is 0.736. The first-order valence-electron chi connectivity index (χ1n) is 9.14. The number of nitrogens with zero attached hydrogens (tertiary/aromatic N) is 1. The van der Waals surface area contributed by atoms with Gasteiger partial charge in [-0.05, 0) is 55.2 Å². The molecule has 0 radical (unpaired) electrons. The van der Waals surface area contributed by atoms with Gasteiger partial charge in [0, 0.05) is 19.2 Å². The zero-order valence-corrected chi connectivity index (χ0v) is 15.4. The van der Waals surface area contributed by atoms with E-state index in [-0.39, 0.29) is 5.91 Å². The number of carbonyl (C=O) groups is 1. The van der Waals surface area contributed by atoms with Crippen LogP contribution in [0.4, 0.5) is 0 Å². The number of hydrogen-bond donors (Lipinski definition) is 0. The molecular weight excluding hydrogens is 326 g/mol. The predicted molar refractivity (Wildman–Crippen MR) is 103 cm³/mol. The third-order valence-electron chi connectivity index (χ3n) is 4.41. The summed E-state index contributed by atoms with van der Waals surface area (Å²) in [5.74, 6) is 1.57. The van der Waals surface area contributed by atoms with E-state index in [0.29, 0.717) is 26.3 Å². The highest BCUT2D eigenvalue weighted by Crippen LogP contribution is 2.34. The van der Waals surface area contributed by atoms with Gasteiger partial charge in [0.2, 0.25) is 5.91 Å². The molecule has 3 rings (SSSR count). The van der Waals surface area contributed by atoms with Crippen LogP contribution >= 0.6 is 0 Å². The van der Waals surface area contributed by atoms with Crippen molar-refractivity contribution < 1.29 is 14.3 Å². The molecule has 2 aromatic rings. The van der Waals surface area contributed by atoms with Gasteiger partial charge in [0.15, 0.2) is 11.5 Å². The fourth-order valence-electron chi connectivity index (χ4n) is 3.13. The van der Waals surface area contributed by atoms with Crippen molar-refractivity contribution >= 4 is 12.0 Å². The molecule has 0 atom stereocenters. The molecule has 1 heterocycles. The highest BCUT2D eigenvalue weighted by atomic mass is 16.5. The van der Waals surface area contributed by atoms with Gasteiger partial charge in [-0.2, -0.15) is 0 Å². The first kappa shape index (κ1) is 18.1. The number of amides is 1. The molecule has 4 heteroatoms. The van der Waals surface area contributed by atoms with Crippen LogP contribution in [0.25, 0.3) is 6.08 Å². The van der Waals surface area contributed by atoms with Crippen LogP contribution < -0.4 is 9.47 Å². The van der Waals surface area contributed by atoms with Crippen LogP contribution in [-0.2, 0) is 17.8 Å². The Bertz CT molecular complexity index is 783. The van der Waals surface area contributed by atoms with Gasteiger partial charge in [-0.15, -0.1) is 0 Å². The lowest BCUT2D eigenvalue weighted by Gasteiger charge is -2.29. The lowest BCUT2D eigenvalue weighted by atomic mass is 9.98. The van der Waals surface area contributed by atoms with Crippen molar-refractivity contribution in [1.29, 1.82) is 0 Å². The Labute approximate surface area is 155 Å². The van der Waals surface area contributed by atoms with Gasteiger partial charge in [-0.25, -0.2) is 0 Å². The molecule has 136 valence electrons. The SMILES string of the molecule is CCOc1cc2c(cc1OCC)CN(C(=O)/C=C/c1ccccc1)CC2. The van der Waals surface area contributed by atoms with Crippen molar-refractivity contribution in [2.75, 3.05) is 19.8 Å². The number of rotatable bonds is 6. The molecule has 0 fully saturated rings. The van der Waals surface area contributed by atoms with E-state index in [1.165, 1.54) is 5.56 Å². The smallest absolute Gasteiger partial charge is 0.246 e. The Morgan fingerprint density at radius 1 is 1.04 bits per heavy atom. The minimum absolute atomic E-state index is 0.0337. The molecule has 0 aromatic heterocycles. The number of carbonyl (C=O) groups excluding carboxylic acids is 1. The van der Waals surface area contributed by atoms with Crippen LogP contribution in [0.1, 0.15) is 30.5 Å². The molecule has 0 bridgehead atoms. The number of hydrogen-bond acceptors (Lipinski definition) is 3. The highest BCUT2D eigenvalue weighted by Gasteiger charge is 2.21. The van der Waals surface area contributed by atoms with E-state index >= 15 is 0 Å². The van der Waals surface area contributed by atoms with Crippen LogP contribution in [0.5, 0.6) is 11.5 Å². The topological polar surface area (TPSA) is 38.8 Å². The zero-order chi connectivity index (χ0) is 18.4. The zero-order valence-electron chi connectivity index (χ0n) is 15.4. The average molecular weight is 351 g/mol. The van der Waals surface area contributed by atoms with Gasteiger partial charge >= 0.3 is 0 Å². The summed E-state index contributed by atoms with van der Waals surface area (Å²) >= 11 is 0. The van der Waals surface area contributed by atoms with Crippen molar-refractivity contribution in [3.05, 3.63) is 65.2 Å². The van der Waals surface area contributed by atoms with Gasteiger partial charge in [0.1, 0.15) is 0 Å². The Balaban J connectivity index is 1.75. The Kier molecular flexibility index (Phi) is 5.95. The number of fused-ring (bicyclic) bond motifs is 1. The molecule has 0 saturated carbocycles. The molecule has 0 N–H and O–H groups in total. The van der Waals surface area contributed by atoms with Crippen LogP contribution in [0.15, 0.2) is 48.5 Å². The summed E-state index contributed by atoms with van der Waals surface area (Å²) in [5, 5.41) is 0. The molecular formula is C22H25NO3. The first-order valence-corrected chi connectivity index (χ1v) is 9.14. The van der Waals surface area contributed by atoms with E-state index in [9.17, 15) is 4.79 Å². The van der Waals surface area contributed by atoms with Gasteiger partial charge in [0.05, 0.1) is 13.2 Å². The molecule has 0 aliphatic carbocycles. The third kappa shape index (κ3) is 4.26. The van der Waals surface area contributed by atoms with E-state index in [2.05, 4.69) is 6.07 Å². The molecule has 1 aliphatic rings. The molecule has 4 nitrogen and oxygen atoms in total. The van der Waals surface area contributed by atoms with Gasteiger partial charge in [-0.3, -0.25) is 4.79 Å². The van der Waals surface area contributed by atoms with Crippen molar-refractivity contribution in [3.63, 3.8) is 0 Å². The standard InChI is InChI=1S/C22H25NO3/c1-3-25-20-14-18-12-13-23(16-19(18)15-21(20)26-4-2)22(24)11-10-17-8-6-5-7-9-17/h5-11,14-15H,3-4,12-13,16H2,1-2H3/b11-10+. The maximum Gasteiger partial charge on any atom is 0.246 e. The largest absolute Gasteiger partial charge is 0.490 e. The first-order chi connectivity index (χ1) is 12.7. The Morgan fingerprint density at radius 2 is 1.69 bits per heavy atom. The lowest BCUT2D eigenvalue weighted by molar-refractivity contribution is -0.126. The molecule has 2 aromatic carbocycles. The highest BCUT2D eigenvalue weighted by molar-refractivity contribution is 5.92. The van der Waals surface area contributed by atoms with Crippen molar-refractivity contribution in [1.82, 2.24) is 4.90 Å². The van der Waals surface area contributed by atoms with E-state index in [0.717, 1.165) is 29.0 Å². The van der Waals surface area contributed by atoms with Crippen LogP contribution in [-0.4, -0.2) is 30.6 Å². The normalized spacial score (nSPS) is 13.5. The lowest BCUT2D eigenvalue weighted by Crippen LogP contribution is -2.34. The summed E-state index contributed by atoms with van der Waals surface area (Å²) in [6.07, 6.45) is 4.34. The monoisotopic (exact) mass is 351 g/mol. The summed E-state index contributed by atoms with van der Waals surface area (Å²) in [7, 11) is 0. The molecule has 1 amide bonds. The molecule has 0 spiro atoms.